The Hall–Kier alpha value is -0.480. The smallest absolute Gasteiger partial charge is 0.142 e. The van der Waals surface area contributed by atoms with Crippen LogP contribution in [0.1, 0.15) is 19.7 Å². The largest absolute Gasteiger partial charge is 0.220 e. The van der Waals surface area contributed by atoms with Gasteiger partial charge in [0.05, 0.1) is 11.3 Å². The zero-order valence-corrected chi connectivity index (χ0v) is 14.1. The van der Waals surface area contributed by atoms with E-state index in [9.17, 15) is 0 Å². The van der Waals surface area contributed by atoms with Crippen molar-refractivity contribution in [2.45, 2.75) is 24.9 Å². The van der Waals surface area contributed by atoms with E-state index >= 15 is 0 Å². The third kappa shape index (κ3) is 3.79. The molecule has 0 fully saturated rings. The molecule has 0 saturated heterocycles. The summed E-state index contributed by atoms with van der Waals surface area (Å²) in [6.45, 7) is 4.23. The molecular weight excluding hydrogens is 335 g/mol. The normalized spacial score (nSPS) is 11.1. The molecule has 2 aromatic rings. The SMILES string of the molecule is CC(C)SCc1nc(Cl)c(-c2ccccc2Cl)c(Cl)n1. The molecule has 0 spiro atoms. The number of benzene rings is 1. The standard InChI is InChI=1S/C14H13Cl3N2S/c1-8(2)20-7-11-18-13(16)12(14(17)19-11)9-5-3-4-6-10(9)15/h3-6,8H,7H2,1-2H3. The van der Waals surface area contributed by atoms with E-state index in [0.29, 0.717) is 37.7 Å². The van der Waals surface area contributed by atoms with Gasteiger partial charge in [-0.1, -0.05) is 66.8 Å². The van der Waals surface area contributed by atoms with Crippen molar-refractivity contribution >= 4 is 46.6 Å². The van der Waals surface area contributed by atoms with Crippen LogP contribution < -0.4 is 0 Å². The van der Waals surface area contributed by atoms with E-state index in [2.05, 4.69) is 23.8 Å². The molecule has 2 rings (SSSR count). The maximum absolute atomic E-state index is 6.25. The number of rotatable bonds is 4. The van der Waals surface area contributed by atoms with Gasteiger partial charge in [0.2, 0.25) is 0 Å². The van der Waals surface area contributed by atoms with Crippen molar-refractivity contribution in [2.24, 2.45) is 0 Å². The molecule has 0 bridgehead atoms. The van der Waals surface area contributed by atoms with Crippen LogP contribution >= 0.6 is 46.6 Å². The van der Waals surface area contributed by atoms with Crippen molar-refractivity contribution in [1.29, 1.82) is 0 Å². The fraction of sp³-hybridized carbons (Fsp3) is 0.286. The predicted octanol–water partition coefficient (Wildman–Crippen LogP) is 5.75. The highest BCUT2D eigenvalue weighted by molar-refractivity contribution is 7.99. The van der Waals surface area contributed by atoms with Gasteiger partial charge in [-0.25, -0.2) is 9.97 Å². The van der Waals surface area contributed by atoms with E-state index in [0.717, 1.165) is 5.56 Å². The summed E-state index contributed by atoms with van der Waals surface area (Å²) in [5.41, 5.74) is 1.32. The van der Waals surface area contributed by atoms with Crippen molar-refractivity contribution in [1.82, 2.24) is 9.97 Å². The Morgan fingerprint density at radius 2 is 1.65 bits per heavy atom. The molecule has 0 saturated carbocycles. The Bertz CT molecular complexity index is 594. The molecule has 0 amide bonds. The lowest BCUT2D eigenvalue weighted by Gasteiger charge is -2.10. The highest BCUT2D eigenvalue weighted by Crippen LogP contribution is 2.36. The van der Waals surface area contributed by atoms with Gasteiger partial charge in [0.1, 0.15) is 16.1 Å². The second kappa shape index (κ2) is 6.99. The summed E-state index contributed by atoms with van der Waals surface area (Å²) in [4.78, 5) is 8.63. The van der Waals surface area contributed by atoms with Crippen molar-refractivity contribution in [3.63, 3.8) is 0 Å². The lowest BCUT2D eigenvalue weighted by molar-refractivity contribution is 1.02. The van der Waals surface area contributed by atoms with Crippen LogP contribution in [0, 0.1) is 0 Å². The Morgan fingerprint density at radius 3 is 2.20 bits per heavy atom. The van der Waals surface area contributed by atoms with Crippen LogP contribution in [0.5, 0.6) is 0 Å². The van der Waals surface area contributed by atoms with Crippen LogP contribution in [0.3, 0.4) is 0 Å². The second-order valence-electron chi connectivity index (χ2n) is 4.44. The first kappa shape index (κ1) is 15.9. The third-order valence-electron chi connectivity index (χ3n) is 2.56. The highest BCUT2D eigenvalue weighted by atomic mass is 35.5. The van der Waals surface area contributed by atoms with Gasteiger partial charge in [-0.2, -0.15) is 11.8 Å². The molecule has 0 N–H and O–H groups in total. The van der Waals surface area contributed by atoms with Crippen LogP contribution in [-0.4, -0.2) is 15.2 Å². The first-order valence-corrected chi connectivity index (χ1v) is 8.25. The summed E-state index contributed by atoms with van der Waals surface area (Å²) >= 11 is 20.4. The van der Waals surface area contributed by atoms with Crippen LogP contribution in [0.4, 0.5) is 0 Å². The summed E-state index contributed by atoms with van der Waals surface area (Å²) in [6, 6.07) is 7.35. The topological polar surface area (TPSA) is 25.8 Å². The van der Waals surface area contributed by atoms with Crippen molar-refractivity contribution in [2.75, 3.05) is 0 Å². The molecule has 0 aliphatic heterocycles. The summed E-state index contributed by atoms with van der Waals surface area (Å²) < 4.78 is 0. The van der Waals surface area contributed by atoms with Gasteiger partial charge in [-0.05, 0) is 11.3 Å². The fourth-order valence-electron chi connectivity index (χ4n) is 1.64. The summed E-state index contributed by atoms with van der Waals surface area (Å²) in [5, 5.41) is 1.73. The molecule has 6 heteroatoms. The second-order valence-corrected chi connectivity index (χ2v) is 7.12. The zero-order valence-electron chi connectivity index (χ0n) is 11.0. The van der Waals surface area contributed by atoms with Gasteiger partial charge in [-0.15, -0.1) is 0 Å². The number of thioether (sulfide) groups is 1. The molecule has 106 valence electrons. The van der Waals surface area contributed by atoms with Gasteiger partial charge < -0.3 is 0 Å². The van der Waals surface area contributed by atoms with E-state index in [1.54, 1.807) is 17.8 Å². The highest BCUT2D eigenvalue weighted by Gasteiger charge is 2.16. The lowest BCUT2D eigenvalue weighted by Crippen LogP contribution is -1.99. The Kier molecular flexibility index (Phi) is 5.56. The van der Waals surface area contributed by atoms with Crippen LogP contribution in [0.15, 0.2) is 24.3 Å². The summed E-state index contributed by atoms with van der Waals surface area (Å²) in [5.74, 6) is 1.31. The molecular formula is C14H13Cl3N2S. The van der Waals surface area contributed by atoms with Gasteiger partial charge in [-0.3, -0.25) is 0 Å². The van der Waals surface area contributed by atoms with E-state index in [1.807, 2.05) is 18.2 Å². The minimum absolute atomic E-state index is 0.331. The summed E-state index contributed by atoms with van der Waals surface area (Å²) in [7, 11) is 0. The average molecular weight is 348 g/mol. The number of hydrogen-bond donors (Lipinski definition) is 0. The average Bonchev–Trinajstić information content (AvgIpc) is 2.38. The van der Waals surface area contributed by atoms with E-state index < -0.39 is 0 Å². The first-order valence-electron chi connectivity index (χ1n) is 6.07. The maximum atomic E-state index is 6.25. The first-order chi connectivity index (χ1) is 9.49. The Morgan fingerprint density at radius 1 is 1.05 bits per heavy atom. The van der Waals surface area contributed by atoms with Gasteiger partial charge in [0, 0.05) is 10.6 Å². The minimum atomic E-state index is 0.331. The van der Waals surface area contributed by atoms with E-state index in [1.165, 1.54) is 0 Å². The van der Waals surface area contributed by atoms with E-state index in [-0.39, 0.29) is 0 Å². The Balaban J connectivity index is 2.39. The molecule has 1 aromatic carbocycles. The van der Waals surface area contributed by atoms with Crippen molar-refractivity contribution < 1.29 is 0 Å². The minimum Gasteiger partial charge on any atom is -0.220 e. The van der Waals surface area contributed by atoms with Crippen LogP contribution in [-0.2, 0) is 5.75 Å². The van der Waals surface area contributed by atoms with E-state index in [4.69, 9.17) is 34.8 Å². The molecule has 0 aliphatic rings. The Labute approximate surface area is 137 Å². The van der Waals surface area contributed by atoms with Crippen LogP contribution in [0.2, 0.25) is 15.3 Å². The number of halogens is 3. The molecule has 20 heavy (non-hydrogen) atoms. The molecule has 0 aliphatic carbocycles. The monoisotopic (exact) mass is 346 g/mol. The van der Waals surface area contributed by atoms with Crippen molar-refractivity contribution in [3.05, 3.63) is 45.4 Å². The molecule has 1 aromatic heterocycles. The maximum Gasteiger partial charge on any atom is 0.142 e. The molecule has 0 radical (unpaired) electrons. The van der Waals surface area contributed by atoms with Gasteiger partial charge in [0.25, 0.3) is 0 Å². The summed E-state index contributed by atoms with van der Waals surface area (Å²) in [6.07, 6.45) is 0. The third-order valence-corrected chi connectivity index (χ3v) is 4.52. The van der Waals surface area contributed by atoms with Gasteiger partial charge in [0.15, 0.2) is 0 Å². The molecule has 0 atom stereocenters. The zero-order chi connectivity index (χ0) is 14.7. The number of nitrogens with zero attached hydrogens (tertiary/aromatic N) is 2. The van der Waals surface area contributed by atoms with Crippen molar-refractivity contribution in [3.8, 4) is 11.1 Å². The molecule has 0 unspecified atom stereocenters. The lowest BCUT2D eigenvalue weighted by atomic mass is 10.1. The van der Waals surface area contributed by atoms with Crippen LogP contribution in [0.25, 0.3) is 11.1 Å². The number of aromatic nitrogens is 2. The molecule has 1 heterocycles. The predicted molar refractivity (Wildman–Crippen MR) is 88.9 cm³/mol. The fourth-order valence-corrected chi connectivity index (χ4v) is 3.11. The molecule has 2 nitrogen and oxygen atoms in total. The number of hydrogen-bond acceptors (Lipinski definition) is 3. The quantitative estimate of drug-likeness (QED) is 0.659. The van der Waals surface area contributed by atoms with Gasteiger partial charge >= 0.3 is 0 Å².